The van der Waals surface area contributed by atoms with Crippen LogP contribution >= 0.6 is 0 Å². The number of nitrogen functional groups attached to an aromatic ring is 1. The smallest absolute Gasteiger partial charge is 0.273 e. The highest BCUT2D eigenvalue weighted by Crippen LogP contribution is 2.24. The summed E-state index contributed by atoms with van der Waals surface area (Å²) >= 11 is 0. The van der Waals surface area contributed by atoms with E-state index in [1.165, 1.54) is 24.5 Å². The van der Waals surface area contributed by atoms with Crippen LogP contribution in [0.25, 0.3) is 11.0 Å². The van der Waals surface area contributed by atoms with Crippen LogP contribution in [0.4, 0.5) is 16.2 Å². The van der Waals surface area contributed by atoms with Gasteiger partial charge in [0.1, 0.15) is 5.82 Å². The second-order valence-corrected chi connectivity index (χ2v) is 8.94. The number of benzene rings is 2. The van der Waals surface area contributed by atoms with Gasteiger partial charge in [-0.2, -0.15) is 0 Å². The average Bonchev–Trinajstić information content (AvgIpc) is 3.23. The Hall–Kier alpha value is -4.05. The van der Waals surface area contributed by atoms with Gasteiger partial charge in [0.05, 0.1) is 17.6 Å². The number of likely N-dealkylation sites (tertiary alicyclic amines) is 1. The Morgan fingerprint density at radius 2 is 1.81 bits per heavy atom. The number of aromatic nitrogens is 4. The summed E-state index contributed by atoms with van der Waals surface area (Å²) in [6.45, 7) is 3.71. The average molecular weight is 489 g/mol. The number of nitrogens with one attached hydrogen (secondary N) is 2. The molecule has 36 heavy (non-hydrogen) atoms. The summed E-state index contributed by atoms with van der Waals surface area (Å²) in [7, 11) is 0. The van der Waals surface area contributed by atoms with Crippen molar-refractivity contribution in [2.45, 2.75) is 25.4 Å². The molecule has 10 heteroatoms. The first-order valence-electron chi connectivity index (χ1n) is 12.1. The normalized spacial score (nSPS) is 14.7. The summed E-state index contributed by atoms with van der Waals surface area (Å²) in [5.41, 5.74) is 8.87. The fourth-order valence-corrected chi connectivity index (χ4v) is 4.54. The van der Waals surface area contributed by atoms with Gasteiger partial charge in [0, 0.05) is 44.6 Å². The highest BCUT2D eigenvalue weighted by Gasteiger charge is 2.22. The monoisotopic (exact) mass is 488 g/mol. The van der Waals surface area contributed by atoms with Crippen LogP contribution in [-0.2, 0) is 6.54 Å². The summed E-state index contributed by atoms with van der Waals surface area (Å²) < 4.78 is 15.5. The molecule has 0 spiro atoms. The number of nitrogens with zero attached hydrogens (tertiary/aromatic N) is 5. The second kappa shape index (κ2) is 10.7. The number of halogens is 1. The van der Waals surface area contributed by atoms with Crippen LogP contribution in [0.3, 0.4) is 0 Å². The molecule has 3 heterocycles. The summed E-state index contributed by atoms with van der Waals surface area (Å²) in [6.07, 6.45) is 4.84. The zero-order valence-electron chi connectivity index (χ0n) is 19.9. The molecule has 2 aromatic carbocycles. The van der Waals surface area contributed by atoms with Gasteiger partial charge in [-0.1, -0.05) is 24.3 Å². The van der Waals surface area contributed by atoms with Crippen LogP contribution in [0.1, 0.15) is 28.9 Å². The maximum Gasteiger partial charge on any atom is 0.273 e. The molecule has 2 aromatic heterocycles. The van der Waals surface area contributed by atoms with E-state index in [9.17, 15) is 9.18 Å². The maximum atomic E-state index is 13.4. The maximum absolute atomic E-state index is 13.4. The van der Waals surface area contributed by atoms with E-state index in [4.69, 9.17) is 10.7 Å². The van der Waals surface area contributed by atoms with Crippen molar-refractivity contribution in [3.05, 3.63) is 78.0 Å². The van der Waals surface area contributed by atoms with E-state index in [-0.39, 0.29) is 23.2 Å². The van der Waals surface area contributed by atoms with E-state index in [0.717, 1.165) is 55.0 Å². The predicted octanol–water partition coefficient (Wildman–Crippen LogP) is 2.90. The van der Waals surface area contributed by atoms with Crippen LogP contribution in [-0.4, -0.2) is 62.5 Å². The minimum Gasteiger partial charge on any atom is -0.382 e. The van der Waals surface area contributed by atoms with Gasteiger partial charge in [-0.05, 0) is 42.7 Å². The largest absolute Gasteiger partial charge is 0.382 e. The molecule has 0 saturated carbocycles. The first-order chi connectivity index (χ1) is 17.6. The predicted molar refractivity (Wildman–Crippen MR) is 137 cm³/mol. The van der Waals surface area contributed by atoms with Crippen molar-refractivity contribution in [2.24, 2.45) is 0 Å². The SMILES string of the molecule is Nc1nccnc1C(=O)NCCN1CCC(Nc2nc3ccccc3n2Cc2ccc(F)cc2)CC1. The number of fused-ring (bicyclic) bond motifs is 1. The number of rotatable bonds is 8. The van der Waals surface area contributed by atoms with Gasteiger partial charge in [-0.25, -0.2) is 19.3 Å². The lowest BCUT2D eigenvalue weighted by Gasteiger charge is -2.32. The molecule has 5 rings (SSSR count). The van der Waals surface area contributed by atoms with E-state index in [1.54, 1.807) is 0 Å². The Morgan fingerprint density at radius 1 is 1.06 bits per heavy atom. The number of hydrogen-bond acceptors (Lipinski definition) is 7. The molecule has 0 aliphatic carbocycles. The van der Waals surface area contributed by atoms with Crippen molar-refractivity contribution >= 4 is 28.7 Å². The minimum atomic E-state index is -0.308. The highest BCUT2D eigenvalue weighted by atomic mass is 19.1. The molecule has 1 fully saturated rings. The minimum absolute atomic E-state index is 0.132. The topological polar surface area (TPSA) is 114 Å². The second-order valence-electron chi connectivity index (χ2n) is 8.94. The van der Waals surface area contributed by atoms with E-state index >= 15 is 0 Å². The van der Waals surface area contributed by atoms with Crippen LogP contribution in [0, 0.1) is 5.82 Å². The molecule has 0 bridgehead atoms. The molecule has 1 aliphatic rings. The van der Waals surface area contributed by atoms with E-state index < -0.39 is 0 Å². The number of hydrogen-bond donors (Lipinski definition) is 3. The molecular formula is C26H29FN8O. The van der Waals surface area contributed by atoms with Crippen molar-refractivity contribution in [1.29, 1.82) is 0 Å². The van der Waals surface area contributed by atoms with Crippen molar-refractivity contribution in [3.63, 3.8) is 0 Å². The number of para-hydroxylation sites is 2. The van der Waals surface area contributed by atoms with Gasteiger partial charge >= 0.3 is 0 Å². The molecular weight excluding hydrogens is 459 g/mol. The van der Waals surface area contributed by atoms with Crippen molar-refractivity contribution in [2.75, 3.05) is 37.2 Å². The molecule has 0 radical (unpaired) electrons. The Labute approximate surface area is 208 Å². The number of imidazole rings is 1. The number of amides is 1. The number of carbonyl (C=O) groups is 1. The molecule has 1 saturated heterocycles. The van der Waals surface area contributed by atoms with Gasteiger partial charge in [0.15, 0.2) is 11.5 Å². The third kappa shape index (κ3) is 5.44. The zero-order valence-corrected chi connectivity index (χ0v) is 19.9. The summed E-state index contributed by atoms with van der Waals surface area (Å²) in [6, 6.07) is 14.9. The van der Waals surface area contributed by atoms with Crippen molar-refractivity contribution < 1.29 is 9.18 Å². The molecule has 0 unspecified atom stereocenters. The van der Waals surface area contributed by atoms with Crippen LogP contribution in [0.5, 0.6) is 0 Å². The quantitative estimate of drug-likeness (QED) is 0.349. The first-order valence-corrected chi connectivity index (χ1v) is 12.1. The van der Waals surface area contributed by atoms with Crippen LogP contribution in [0.2, 0.25) is 0 Å². The Kier molecular flexibility index (Phi) is 7.03. The first kappa shape index (κ1) is 23.7. The highest BCUT2D eigenvalue weighted by molar-refractivity contribution is 5.96. The Morgan fingerprint density at radius 3 is 2.58 bits per heavy atom. The number of nitrogens with two attached hydrogens (primary N) is 1. The third-order valence-electron chi connectivity index (χ3n) is 6.48. The third-order valence-corrected chi connectivity index (χ3v) is 6.48. The molecule has 1 amide bonds. The molecule has 0 atom stereocenters. The Balaban J connectivity index is 1.16. The van der Waals surface area contributed by atoms with Crippen molar-refractivity contribution in [3.8, 4) is 0 Å². The van der Waals surface area contributed by atoms with E-state index in [2.05, 4.69) is 36.1 Å². The number of anilines is 2. The fourth-order valence-electron chi connectivity index (χ4n) is 4.54. The lowest BCUT2D eigenvalue weighted by atomic mass is 10.1. The molecule has 4 N–H and O–H groups in total. The molecule has 186 valence electrons. The Bertz CT molecular complexity index is 1330. The standard InChI is InChI=1S/C26H29FN8O/c27-19-7-5-18(6-8-19)17-35-22-4-2-1-3-21(22)33-26(35)32-20-9-14-34(15-10-20)16-13-31-25(36)23-24(28)30-12-11-29-23/h1-8,11-12,20H,9-10,13-17H2,(H2,28,30)(H,31,36)(H,32,33). The molecule has 4 aromatic rings. The van der Waals surface area contributed by atoms with Crippen molar-refractivity contribution in [1.82, 2.24) is 29.7 Å². The van der Waals surface area contributed by atoms with Crippen LogP contribution < -0.4 is 16.4 Å². The van der Waals surface area contributed by atoms with E-state index in [0.29, 0.717) is 19.1 Å². The van der Waals surface area contributed by atoms with Crippen LogP contribution in [0.15, 0.2) is 60.9 Å². The van der Waals surface area contributed by atoms with Gasteiger partial charge in [0.25, 0.3) is 5.91 Å². The summed E-state index contributed by atoms with van der Waals surface area (Å²) in [4.78, 5) is 27.3. The lowest BCUT2D eigenvalue weighted by Crippen LogP contribution is -2.43. The van der Waals surface area contributed by atoms with E-state index in [1.807, 2.05) is 30.3 Å². The van der Waals surface area contributed by atoms with Gasteiger partial charge in [0.2, 0.25) is 5.95 Å². The number of carbonyl (C=O) groups excluding carboxylic acids is 1. The molecule has 9 nitrogen and oxygen atoms in total. The zero-order chi connectivity index (χ0) is 24.9. The van der Waals surface area contributed by atoms with Gasteiger partial charge in [-0.15, -0.1) is 0 Å². The lowest BCUT2D eigenvalue weighted by molar-refractivity contribution is 0.0941. The van der Waals surface area contributed by atoms with Gasteiger partial charge < -0.3 is 25.8 Å². The van der Waals surface area contributed by atoms with Gasteiger partial charge in [-0.3, -0.25) is 4.79 Å². The summed E-state index contributed by atoms with van der Waals surface area (Å²) in [5.74, 6) is 0.411. The fraction of sp³-hybridized carbons (Fsp3) is 0.308. The molecule has 1 aliphatic heterocycles. The summed E-state index contributed by atoms with van der Waals surface area (Å²) in [5, 5.41) is 6.52. The number of piperidine rings is 1.